The molecule has 0 unspecified atom stereocenters. The fraction of sp³-hybridized carbons (Fsp3) is 0.727. The number of nitrogens with zero attached hydrogens (tertiary/aromatic N) is 4. The Kier molecular flexibility index (Phi) is 3.93. The molecule has 0 radical (unpaired) electrons. The quantitative estimate of drug-likeness (QED) is 0.723. The molecule has 0 atom stereocenters. The molecule has 18 heavy (non-hydrogen) atoms. The Morgan fingerprint density at radius 1 is 1.61 bits per heavy atom. The molecule has 0 saturated heterocycles. The van der Waals surface area contributed by atoms with Crippen molar-refractivity contribution < 1.29 is 15.0 Å². The molecule has 7 nitrogen and oxygen atoms in total. The zero-order valence-corrected chi connectivity index (χ0v) is 10.4. The number of hydrogen-bond donors (Lipinski definition) is 2. The van der Waals surface area contributed by atoms with Gasteiger partial charge in [0.25, 0.3) is 0 Å². The fourth-order valence-electron chi connectivity index (χ4n) is 2.16. The van der Waals surface area contributed by atoms with E-state index in [1.165, 1.54) is 10.9 Å². The smallest absolute Gasteiger partial charge is 0.358 e. The first kappa shape index (κ1) is 13.0. The van der Waals surface area contributed by atoms with Gasteiger partial charge in [-0.3, -0.25) is 4.68 Å². The zero-order chi connectivity index (χ0) is 13.1. The SMILES string of the molecule is CN(CCn1cc(C(=O)O)nn1)CC1CC(O)C1. The highest BCUT2D eigenvalue weighted by atomic mass is 16.4. The van der Waals surface area contributed by atoms with Gasteiger partial charge in [-0.15, -0.1) is 5.10 Å². The Hall–Kier alpha value is -1.47. The molecule has 0 bridgehead atoms. The molecule has 1 saturated carbocycles. The van der Waals surface area contributed by atoms with Gasteiger partial charge in [-0.05, 0) is 25.8 Å². The van der Waals surface area contributed by atoms with Crippen molar-refractivity contribution in [1.29, 1.82) is 0 Å². The summed E-state index contributed by atoms with van der Waals surface area (Å²) in [6.07, 6.45) is 3.09. The van der Waals surface area contributed by atoms with Crippen LogP contribution in [0.4, 0.5) is 0 Å². The van der Waals surface area contributed by atoms with Crippen LogP contribution in [0.1, 0.15) is 23.3 Å². The molecule has 0 aromatic carbocycles. The van der Waals surface area contributed by atoms with Gasteiger partial charge >= 0.3 is 5.97 Å². The summed E-state index contributed by atoms with van der Waals surface area (Å²) >= 11 is 0. The first-order chi connectivity index (χ1) is 8.54. The molecule has 0 spiro atoms. The van der Waals surface area contributed by atoms with Crippen LogP contribution in [0.3, 0.4) is 0 Å². The number of carboxylic acid groups (broad SMARTS) is 1. The van der Waals surface area contributed by atoms with Gasteiger partial charge in [0.05, 0.1) is 18.8 Å². The van der Waals surface area contributed by atoms with Crippen molar-refractivity contribution in [3.63, 3.8) is 0 Å². The minimum Gasteiger partial charge on any atom is -0.476 e. The van der Waals surface area contributed by atoms with Gasteiger partial charge in [0, 0.05) is 13.1 Å². The number of likely N-dealkylation sites (N-methyl/N-ethyl adjacent to an activating group) is 1. The number of aromatic nitrogens is 3. The Morgan fingerprint density at radius 3 is 2.89 bits per heavy atom. The van der Waals surface area contributed by atoms with Crippen LogP contribution in [0.2, 0.25) is 0 Å². The molecule has 1 aromatic heterocycles. The van der Waals surface area contributed by atoms with Crippen molar-refractivity contribution >= 4 is 5.97 Å². The molecule has 100 valence electrons. The van der Waals surface area contributed by atoms with Gasteiger partial charge in [0.2, 0.25) is 0 Å². The van der Waals surface area contributed by atoms with Gasteiger partial charge in [0.1, 0.15) is 0 Å². The van der Waals surface area contributed by atoms with E-state index in [4.69, 9.17) is 5.11 Å². The van der Waals surface area contributed by atoms with E-state index >= 15 is 0 Å². The van der Waals surface area contributed by atoms with E-state index in [2.05, 4.69) is 15.2 Å². The standard InChI is InChI=1S/C11H18N4O3/c1-14(6-8-4-9(16)5-8)2-3-15-7-10(11(17)18)12-13-15/h7-9,16H,2-6H2,1H3,(H,17,18). The minimum atomic E-state index is -1.06. The summed E-state index contributed by atoms with van der Waals surface area (Å²) in [6, 6.07) is 0. The van der Waals surface area contributed by atoms with E-state index in [0.29, 0.717) is 12.5 Å². The summed E-state index contributed by atoms with van der Waals surface area (Å²) in [5.41, 5.74) is -0.0280. The Labute approximate surface area is 105 Å². The lowest BCUT2D eigenvalue weighted by atomic mass is 9.82. The molecule has 1 aromatic rings. The highest BCUT2D eigenvalue weighted by Gasteiger charge is 2.27. The van der Waals surface area contributed by atoms with Crippen molar-refractivity contribution in [2.75, 3.05) is 20.1 Å². The summed E-state index contributed by atoms with van der Waals surface area (Å²) < 4.78 is 1.54. The van der Waals surface area contributed by atoms with Crippen molar-refractivity contribution in [1.82, 2.24) is 19.9 Å². The molecule has 7 heteroatoms. The predicted molar refractivity (Wildman–Crippen MR) is 63.2 cm³/mol. The number of rotatable bonds is 6. The monoisotopic (exact) mass is 254 g/mol. The van der Waals surface area contributed by atoms with E-state index in [1.807, 2.05) is 7.05 Å². The van der Waals surface area contributed by atoms with E-state index in [1.54, 1.807) is 0 Å². The Morgan fingerprint density at radius 2 is 2.33 bits per heavy atom. The third-order valence-corrected chi connectivity index (χ3v) is 3.25. The lowest BCUT2D eigenvalue weighted by Gasteiger charge is -2.34. The second-order valence-electron chi connectivity index (χ2n) is 4.93. The van der Waals surface area contributed by atoms with Crippen LogP contribution in [-0.2, 0) is 6.54 Å². The summed E-state index contributed by atoms with van der Waals surface area (Å²) in [5, 5.41) is 25.2. The fourth-order valence-corrected chi connectivity index (χ4v) is 2.16. The van der Waals surface area contributed by atoms with E-state index in [0.717, 1.165) is 25.9 Å². The largest absolute Gasteiger partial charge is 0.476 e. The molecule has 0 aliphatic heterocycles. The highest BCUT2D eigenvalue weighted by Crippen LogP contribution is 2.27. The normalized spacial score (nSPS) is 23.1. The summed E-state index contributed by atoms with van der Waals surface area (Å²) in [4.78, 5) is 12.8. The van der Waals surface area contributed by atoms with Crippen LogP contribution in [0, 0.1) is 5.92 Å². The van der Waals surface area contributed by atoms with Gasteiger partial charge < -0.3 is 15.1 Å². The molecular formula is C11H18N4O3. The maximum atomic E-state index is 10.6. The van der Waals surface area contributed by atoms with Crippen molar-refractivity contribution in [3.8, 4) is 0 Å². The second kappa shape index (κ2) is 5.45. The first-order valence-electron chi connectivity index (χ1n) is 6.04. The molecule has 0 amide bonds. The summed E-state index contributed by atoms with van der Waals surface area (Å²) in [7, 11) is 2.01. The van der Waals surface area contributed by atoms with Gasteiger partial charge in [-0.1, -0.05) is 5.21 Å². The maximum absolute atomic E-state index is 10.6. The van der Waals surface area contributed by atoms with Crippen molar-refractivity contribution in [2.24, 2.45) is 5.92 Å². The zero-order valence-electron chi connectivity index (χ0n) is 10.4. The number of carboxylic acids is 1. The molecule has 2 N–H and O–H groups in total. The van der Waals surface area contributed by atoms with E-state index in [-0.39, 0.29) is 11.8 Å². The highest BCUT2D eigenvalue weighted by molar-refractivity contribution is 5.84. The lowest BCUT2D eigenvalue weighted by Crippen LogP contribution is -2.38. The Balaban J connectivity index is 1.71. The number of aromatic carboxylic acids is 1. The number of aliphatic hydroxyl groups excluding tert-OH is 1. The number of carbonyl (C=O) groups is 1. The van der Waals surface area contributed by atoms with Crippen LogP contribution in [-0.4, -0.2) is 62.3 Å². The predicted octanol–water partition coefficient (Wildman–Crippen LogP) is -0.321. The first-order valence-corrected chi connectivity index (χ1v) is 6.04. The second-order valence-corrected chi connectivity index (χ2v) is 4.93. The van der Waals surface area contributed by atoms with Crippen LogP contribution < -0.4 is 0 Å². The van der Waals surface area contributed by atoms with Gasteiger partial charge in [-0.25, -0.2) is 4.79 Å². The topological polar surface area (TPSA) is 91.5 Å². The lowest BCUT2D eigenvalue weighted by molar-refractivity contribution is 0.0278. The Bertz CT molecular complexity index is 414. The van der Waals surface area contributed by atoms with Crippen LogP contribution in [0.15, 0.2) is 6.20 Å². The van der Waals surface area contributed by atoms with Crippen LogP contribution in [0.5, 0.6) is 0 Å². The average molecular weight is 254 g/mol. The number of aliphatic hydroxyl groups is 1. The third kappa shape index (κ3) is 3.27. The molecule has 2 rings (SSSR count). The van der Waals surface area contributed by atoms with Gasteiger partial charge in [-0.2, -0.15) is 0 Å². The minimum absolute atomic E-state index is 0.0280. The molecule has 1 fully saturated rings. The van der Waals surface area contributed by atoms with Crippen LogP contribution in [0.25, 0.3) is 0 Å². The molecule has 1 aliphatic rings. The van der Waals surface area contributed by atoms with E-state index < -0.39 is 5.97 Å². The number of hydrogen-bond acceptors (Lipinski definition) is 5. The van der Waals surface area contributed by atoms with Crippen LogP contribution >= 0.6 is 0 Å². The molecule has 1 aliphatic carbocycles. The summed E-state index contributed by atoms with van der Waals surface area (Å²) in [6.45, 7) is 2.36. The van der Waals surface area contributed by atoms with Gasteiger partial charge in [0.15, 0.2) is 5.69 Å². The molecular weight excluding hydrogens is 236 g/mol. The summed E-state index contributed by atoms with van der Waals surface area (Å²) in [5.74, 6) is -0.478. The van der Waals surface area contributed by atoms with Crippen molar-refractivity contribution in [2.45, 2.75) is 25.5 Å². The molecule has 1 heterocycles. The van der Waals surface area contributed by atoms with E-state index in [9.17, 15) is 9.90 Å². The third-order valence-electron chi connectivity index (χ3n) is 3.25. The average Bonchev–Trinajstić information content (AvgIpc) is 2.73. The van der Waals surface area contributed by atoms with Crippen molar-refractivity contribution in [3.05, 3.63) is 11.9 Å². The maximum Gasteiger partial charge on any atom is 0.358 e.